The van der Waals surface area contributed by atoms with Crippen LogP contribution >= 0.6 is 11.3 Å². The molecule has 0 aliphatic heterocycles. The summed E-state index contributed by atoms with van der Waals surface area (Å²) in [5, 5.41) is 1.06. The molecule has 17 heavy (non-hydrogen) atoms. The van der Waals surface area contributed by atoms with Gasteiger partial charge in [-0.05, 0) is 40.0 Å². The number of fused-ring (bicyclic) bond motifs is 1. The number of thiazole rings is 1. The van der Waals surface area contributed by atoms with Crippen LogP contribution in [0.3, 0.4) is 0 Å². The highest BCUT2D eigenvalue weighted by atomic mass is 32.1. The molecule has 2 N–H and O–H groups in total. The summed E-state index contributed by atoms with van der Waals surface area (Å²) in [6.07, 6.45) is 4.33. The molecule has 0 fully saturated rings. The van der Waals surface area contributed by atoms with Gasteiger partial charge in [0.2, 0.25) is 0 Å². The Morgan fingerprint density at radius 1 is 1.35 bits per heavy atom. The summed E-state index contributed by atoms with van der Waals surface area (Å²) in [7, 11) is 1.73. The highest BCUT2D eigenvalue weighted by molar-refractivity contribution is 7.12. The normalized spacial score (nSPS) is 19.1. The van der Waals surface area contributed by atoms with E-state index in [0.29, 0.717) is 0 Å². The predicted molar refractivity (Wildman–Crippen MR) is 71.4 cm³/mol. The number of nitrogens with zero attached hydrogens (tertiary/aromatic N) is 1. The quantitative estimate of drug-likeness (QED) is 0.898. The molecule has 1 atom stereocenters. The lowest BCUT2D eigenvalue weighted by atomic mass is 9.89. The van der Waals surface area contributed by atoms with Gasteiger partial charge in [0.05, 0.1) is 16.8 Å². The number of methoxy groups -OCH3 is 1. The molecule has 1 aliphatic rings. The minimum Gasteiger partial charge on any atom is -0.379 e. The number of aromatic nitrogens is 1. The second-order valence-electron chi connectivity index (χ2n) is 5.80. The second-order valence-corrected chi connectivity index (χ2v) is 6.88. The van der Waals surface area contributed by atoms with E-state index in [1.54, 1.807) is 18.4 Å². The molecule has 2 rings (SSSR count). The average Bonchev–Trinajstić information content (AvgIpc) is 2.74. The van der Waals surface area contributed by atoms with E-state index in [1.165, 1.54) is 23.4 Å². The molecule has 0 bridgehead atoms. The van der Waals surface area contributed by atoms with Crippen molar-refractivity contribution in [2.24, 2.45) is 5.73 Å². The van der Waals surface area contributed by atoms with Crippen molar-refractivity contribution in [3.63, 3.8) is 0 Å². The zero-order chi connectivity index (χ0) is 12.7. The average molecular weight is 254 g/mol. The summed E-state index contributed by atoms with van der Waals surface area (Å²) in [6, 6.07) is 0. The SMILES string of the molecule is COC(C)(C)CC(C)(N)c1nc2c(s1)CCC2. The van der Waals surface area contributed by atoms with Crippen molar-refractivity contribution in [2.75, 3.05) is 7.11 Å². The monoisotopic (exact) mass is 254 g/mol. The highest BCUT2D eigenvalue weighted by Crippen LogP contribution is 2.36. The summed E-state index contributed by atoms with van der Waals surface area (Å²) in [4.78, 5) is 6.16. The third-order valence-corrected chi connectivity index (χ3v) is 4.87. The van der Waals surface area contributed by atoms with E-state index in [-0.39, 0.29) is 5.60 Å². The Labute approximate surface area is 107 Å². The first kappa shape index (κ1) is 13.0. The fourth-order valence-corrected chi connectivity index (χ4v) is 3.67. The zero-order valence-electron chi connectivity index (χ0n) is 11.2. The van der Waals surface area contributed by atoms with Crippen LogP contribution in [-0.4, -0.2) is 17.7 Å². The zero-order valence-corrected chi connectivity index (χ0v) is 12.0. The van der Waals surface area contributed by atoms with E-state index in [0.717, 1.165) is 17.8 Å². The van der Waals surface area contributed by atoms with Crippen LogP contribution in [0.1, 0.15) is 49.2 Å². The number of hydrogen-bond acceptors (Lipinski definition) is 4. The van der Waals surface area contributed by atoms with E-state index in [4.69, 9.17) is 15.5 Å². The third kappa shape index (κ3) is 2.69. The van der Waals surface area contributed by atoms with Crippen molar-refractivity contribution in [3.8, 4) is 0 Å². The van der Waals surface area contributed by atoms with E-state index in [9.17, 15) is 0 Å². The second kappa shape index (κ2) is 4.34. The maximum Gasteiger partial charge on any atom is 0.113 e. The Morgan fingerprint density at radius 2 is 2.06 bits per heavy atom. The van der Waals surface area contributed by atoms with Gasteiger partial charge in [-0.1, -0.05) is 0 Å². The van der Waals surface area contributed by atoms with E-state index in [1.807, 2.05) is 0 Å². The summed E-state index contributed by atoms with van der Waals surface area (Å²) in [5.41, 5.74) is 7.10. The van der Waals surface area contributed by atoms with Gasteiger partial charge in [-0.3, -0.25) is 0 Å². The number of aryl methyl sites for hydroxylation is 2. The van der Waals surface area contributed by atoms with Crippen molar-refractivity contribution >= 4 is 11.3 Å². The fourth-order valence-electron chi connectivity index (χ4n) is 2.47. The lowest BCUT2D eigenvalue weighted by molar-refractivity contribution is -0.00149. The maximum absolute atomic E-state index is 6.43. The minimum atomic E-state index is -0.394. The molecular weight excluding hydrogens is 232 g/mol. The predicted octanol–water partition coefficient (Wildman–Crippen LogP) is 2.62. The molecule has 0 saturated heterocycles. The Hall–Kier alpha value is -0.450. The van der Waals surface area contributed by atoms with Crippen molar-refractivity contribution in [2.45, 2.75) is 57.6 Å². The van der Waals surface area contributed by atoms with Crippen LogP contribution in [0, 0.1) is 0 Å². The molecule has 1 aliphatic carbocycles. The summed E-state index contributed by atoms with van der Waals surface area (Å²) >= 11 is 1.79. The molecule has 1 heterocycles. The van der Waals surface area contributed by atoms with Gasteiger partial charge in [0.25, 0.3) is 0 Å². The van der Waals surface area contributed by atoms with Gasteiger partial charge in [-0.15, -0.1) is 11.3 Å². The van der Waals surface area contributed by atoms with Crippen LogP contribution in [0.5, 0.6) is 0 Å². The Bertz CT molecular complexity index is 388. The van der Waals surface area contributed by atoms with E-state index < -0.39 is 5.54 Å². The van der Waals surface area contributed by atoms with Crippen LogP contribution in [0.2, 0.25) is 0 Å². The first-order valence-electron chi connectivity index (χ1n) is 6.17. The summed E-state index contributed by atoms with van der Waals surface area (Å²) in [6.45, 7) is 6.20. The number of rotatable bonds is 4. The van der Waals surface area contributed by atoms with Crippen LogP contribution in [0.25, 0.3) is 0 Å². The lowest BCUT2D eigenvalue weighted by Crippen LogP contribution is -2.41. The lowest BCUT2D eigenvalue weighted by Gasteiger charge is -2.32. The van der Waals surface area contributed by atoms with Crippen molar-refractivity contribution in [3.05, 3.63) is 15.6 Å². The molecule has 1 aromatic rings. The first-order chi connectivity index (χ1) is 7.84. The van der Waals surface area contributed by atoms with E-state index >= 15 is 0 Å². The van der Waals surface area contributed by atoms with Crippen LogP contribution in [-0.2, 0) is 23.1 Å². The van der Waals surface area contributed by atoms with Crippen LogP contribution < -0.4 is 5.73 Å². The number of ether oxygens (including phenoxy) is 1. The first-order valence-corrected chi connectivity index (χ1v) is 6.99. The maximum atomic E-state index is 6.43. The standard InChI is InChI=1S/C13H22N2OS/c1-12(2,16-4)8-13(3,14)11-15-9-6-5-7-10(9)17-11/h5-8,14H2,1-4H3. The molecule has 1 unspecified atom stereocenters. The molecule has 0 spiro atoms. The molecule has 0 saturated carbocycles. The van der Waals surface area contributed by atoms with Gasteiger partial charge in [0.1, 0.15) is 5.01 Å². The third-order valence-electron chi connectivity index (χ3n) is 3.43. The van der Waals surface area contributed by atoms with Crippen molar-refractivity contribution < 1.29 is 4.74 Å². The Kier molecular flexibility index (Phi) is 3.31. The summed E-state index contributed by atoms with van der Waals surface area (Å²) < 4.78 is 5.47. The largest absolute Gasteiger partial charge is 0.379 e. The molecule has 0 radical (unpaired) electrons. The molecule has 4 heteroatoms. The topological polar surface area (TPSA) is 48.1 Å². The van der Waals surface area contributed by atoms with E-state index in [2.05, 4.69) is 20.8 Å². The smallest absolute Gasteiger partial charge is 0.113 e. The molecule has 0 amide bonds. The summed E-state index contributed by atoms with van der Waals surface area (Å²) in [5.74, 6) is 0. The van der Waals surface area contributed by atoms with Crippen molar-refractivity contribution in [1.82, 2.24) is 4.98 Å². The Morgan fingerprint density at radius 3 is 2.65 bits per heavy atom. The molecular formula is C13H22N2OS. The Balaban J connectivity index is 2.19. The number of hydrogen-bond donors (Lipinski definition) is 1. The fraction of sp³-hybridized carbons (Fsp3) is 0.769. The van der Waals surface area contributed by atoms with Gasteiger partial charge in [0, 0.05) is 18.4 Å². The van der Waals surface area contributed by atoms with Gasteiger partial charge in [-0.2, -0.15) is 0 Å². The van der Waals surface area contributed by atoms with Crippen LogP contribution in [0.15, 0.2) is 0 Å². The molecule has 3 nitrogen and oxygen atoms in total. The molecule has 96 valence electrons. The molecule has 0 aromatic carbocycles. The van der Waals surface area contributed by atoms with Gasteiger partial charge in [0.15, 0.2) is 0 Å². The molecule has 1 aromatic heterocycles. The van der Waals surface area contributed by atoms with Gasteiger partial charge >= 0.3 is 0 Å². The minimum absolute atomic E-state index is 0.209. The van der Waals surface area contributed by atoms with Crippen molar-refractivity contribution in [1.29, 1.82) is 0 Å². The number of nitrogens with two attached hydrogens (primary N) is 1. The highest BCUT2D eigenvalue weighted by Gasteiger charge is 2.34. The van der Waals surface area contributed by atoms with Gasteiger partial charge < -0.3 is 10.5 Å². The van der Waals surface area contributed by atoms with Gasteiger partial charge in [-0.25, -0.2) is 4.98 Å². The van der Waals surface area contributed by atoms with Crippen LogP contribution in [0.4, 0.5) is 0 Å².